The van der Waals surface area contributed by atoms with Crippen LogP contribution < -0.4 is 5.32 Å². The van der Waals surface area contributed by atoms with Crippen molar-refractivity contribution in [3.63, 3.8) is 0 Å². The van der Waals surface area contributed by atoms with Crippen molar-refractivity contribution in [2.24, 2.45) is 5.92 Å². The summed E-state index contributed by atoms with van der Waals surface area (Å²) >= 11 is 0. The monoisotopic (exact) mass is 269 g/mol. The van der Waals surface area contributed by atoms with E-state index in [1.807, 2.05) is 0 Å². The molecule has 1 N–H and O–H groups in total. The normalized spacial score (nSPS) is 18.6. The lowest BCUT2D eigenvalue weighted by molar-refractivity contribution is 0.121. The van der Waals surface area contributed by atoms with Gasteiger partial charge in [0.1, 0.15) is 0 Å². The van der Waals surface area contributed by atoms with Gasteiger partial charge in [-0.1, -0.05) is 34.1 Å². The van der Waals surface area contributed by atoms with Crippen LogP contribution in [-0.2, 0) is 0 Å². The van der Waals surface area contributed by atoms with Gasteiger partial charge in [-0.2, -0.15) is 0 Å². The van der Waals surface area contributed by atoms with Crippen molar-refractivity contribution in [3.8, 4) is 0 Å². The van der Waals surface area contributed by atoms with Gasteiger partial charge in [-0.15, -0.1) is 0 Å². The average Bonchev–Trinajstić information content (AvgIpc) is 2.34. The Labute approximate surface area is 120 Å². The summed E-state index contributed by atoms with van der Waals surface area (Å²) in [7, 11) is 0. The number of hydrogen-bond acceptors (Lipinski definition) is 3. The van der Waals surface area contributed by atoms with Crippen LogP contribution in [0.5, 0.6) is 0 Å². The molecule has 3 nitrogen and oxygen atoms in total. The van der Waals surface area contributed by atoms with E-state index in [-0.39, 0.29) is 0 Å². The van der Waals surface area contributed by atoms with Crippen molar-refractivity contribution < 1.29 is 0 Å². The number of unbranched alkanes of at least 4 members (excludes halogenated alkanes) is 2. The first-order valence-electron chi connectivity index (χ1n) is 8.26. The van der Waals surface area contributed by atoms with Crippen LogP contribution in [0, 0.1) is 5.92 Å². The topological polar surface area (TPSA) is 18.5 Å². The molecule has 0 unspecified atom stereocenters. The smallest absolute Gasteiger partial charge is 0.0110 e. The standard InChI is InChI=1S/C16H35N3/c1-15(2)14-19-12-10-18(11-13-19)9-7-5-6-8-17-16(3)4/h15-17H,5-14H2,1-4H3. The van der Waals surface area contributed by atoms with E-state index in [0.29, 0.717) is 6.04 Å². The van der Waals surface area contributed by atoms with E-state index >= 15 is 0 Å². The maximum Gasteiger partial charge on any atom is 0.0110 e. The van der Waals surface area contributed by atoms with E-state index in [9.17, 15) is 0 Å². The van der Waals surface area contributed by atoms with E-state index in [0.717, 1.165) is 5.92 Å². The highest BCUT2D eigenvalue weighted by Crippen LogP contribution is 2.06. The highest BCUT2D eigenvalue weighted by molar-refractivity contribution is 4.72. The molecular weight excluding hydrogens is 234 g/mol. The molecule has 0 aliphatic carbocycles. The summed E-state index contributed by atoms with van der Waals surface area (Å²) in [4.78, 5) is 5.26. The van der Waals surface area contributed by atoms with Crippen LogP contribution in [0.25, 0.3) is 0 Å². The Bertz CT molecular complexity index is 208. The molecule has 1 aliphatic rings. The molecule has 1 aliphatic heterocycles. The van der Waals surface area contributed by atoms with Crippen LogP contribution in [0.15, 0.2) is 0 Å². The number of piperazine rings is 1. The molecule has 0 aromatic carbocycles. The molecule has 0 radical (unpaired) electrons. The summed E-state index contributed by atoms with van der Waals surface area (Å²) in [5.74, 6) is 0.806. The van der Waals surface area contributed by atoms with Gasteiger partial charge in [0.05, 0.1) is 0 Å². The van der Waals surface area contributed by atoms with E-state index in [2.05, 4.69) is 42.8 Å². The second-order valence-electron chi connectivity index (χ2n) is 6.71. The SMILES string of the molecule is CC(C)CN1CCN(CCCCCNC(C)C)CC1. The summed E-state index contributed by atoms with van der Waals surface area (Å²) in [6.07, 6.45) is 4.06. The Kier molecular flexibility index (Phi) is 8.67. The molecule has 114 valence electrons. The zero-order valence-corrected chi connectivity index (χ0v) is 13.6. The molecule has 0 saturated carbocycles. The van der Waals surface area contributed by atoms with Gasteiger partial charge in [0.15, 0.2) is 0 Å². The summed E-state index contributed by atoms with van der Waals surface area (Å²) in [5, 5.41) is 3.49. The second-order valence-corrected chi connectivity index (χ2v) is 6.71. The number of nitrogens with one attached hydrogen (secondary N) is 1. The van der Waals surface area contributed by atoms with Crippen molar-refractivity contribution in [2.45, 2.75) is 53.0 Å². The Morgan fingerprint density at radius 2 is 1.47 bits per heavy atom. The highest BCUT2D eigenvalue weighted by atomic mass is 15.3. The minimum atomic E-state index is 0.633. The fourth-order valence-corrected chi connectivity index (χ4v) is 2.74. The van der Waals surface area contributed by atoms with Crippen LogP contribution in [0.2, 0.25) is 0 Å². The van der Waals surface area contributed by atoms with Gasteiger partial charge in [-0.25, -0.2) is 0 Å². The molecule has 0 atom stereocenters. The molecule has 0 aromatic rings. The predicted octanol–water partition coefficient (Wildman–Crippen LogP) is 2.43. The predicted molar refractivity (Wildman–Crippen MR) is 84.7 cm³/mol. The molecule has 1 saturated heterocycles. The molecular formula is C16H35N3. The minimum absolute atomic E-state index is 0.633. The third-order valence-electron chi connectivity index (χ3n) is 3.79. The molecule has 1 heterocycles. The Hall–Kier alpha value is -0.120. The number of hydrogen-bond donors (Lipinski definition) is 1. The first-order chi connectivity index (χ1) is 9.08. The van der Waals surface area contributed by atoms with E-state index in [1.165, 1.54) is 65.1 Å². The molecule has 3 heteroatoms. The fraction of sp³-hybridized carbons (Fsp3) is 1.00. The van der Waals surface area contributed by atoms with E-state index in [4.69, 9.17) is 0 Å². The average molecular weight is 269 g/mol. The zero-order chi connectivity index (χ0) is 14.1. The van der Waals surface area contributed by atoms with Crippen molar-refractivity contribution in [1.29, 1.82) is 0 Å². The van der Waals surface area contributed by atoms with Gasteiger partial charge in [0.25, 0.3) is 0 Å². The van der Waals surface area contributed by atoms with Crippen LogP contribution in [0.4, 0.5) is 0 Å². The molecule has 0 spiro atoms. The van der Waals surface area contributed by atoms with Crippen molar-refractivity contribution >= 4 is 0 Å². The Balaban J connectivity index is 1.95. The lowest BCUT2D eigenvalue weighted by atomic mass is 10.1. The minimum Gasteiger partial charge on any atom is -0.315 e. The molecule has 1 rings (SSSR count). The van der Waals surface area contributed by atoms with Crippen LogP contribution >= 0.6 is 0 Å². The summed E-state index contributed by atoms with van der Waals surface area (Å²) in [6, 6.07) is 0.633. The first kappa shape index (κ1) is 16.9. The lowest BCUT2D eigenvalue weighted by Crippen LogP contribution is -2.47. The van der Waals surface area contributed by atoms with Gasteiger partial charge in [-0.3, -0.25) is 0 Å². The fourth-order valence-electron chi connectivity index (χ4n) is 2.74. The van der Waals surface area contributed by atoms with Crippen LogP contribution in [-0.4, -0.2) is 61.7 Å². The quantitative estimate of drug-likeness (QED) is 0.649. The van der Waals surface area contributed by atoms with E-state index < -0.39 is 0 Å². The summed E-state index contributed by atoms with van der Waals surface area (Å²) in [6.45, 7) is 17.9. The largest absolute Gasteiger partial charge is 0.315 e. The van der Waals surface area contributed by atoms with Gasteiger partial charge >= 0.3 is 0 Å². The molecule has 19 heavy (non-hydrogen) atoms. The maximum absolute atomic E-state index is 3.49. The summed E-state index contributed by atoms with van der Waals surface area (Å²) < 4.78 is 0. The lowest BCUT2D eigenvalue weighted by Gasteiger charge is -2.35. The van der Waals surface area contributed by atoms with Gasteiger partial charge in [0, 0.05) is 38.8 Å². The van der Waals surface area contributed by atoms with Gasteiger partial charge < -0.3 is 15.1 Å². The number of rotatable bonds is 9. The van der Waals surface area contributed by atoms with Crippen molar-refractivity contribution in [3.05, 3.63) is 0 Å². The van der Waals surface area contributed by atoms with Gasteiger partial charge in [-0.05, 0) is 31.8 Å². The summed E-state index contributed by atoms with van der Waals surface area (Å²) in [5.41, 5.74) is 0. The van der Waals surface area contributed by atoms with Crippen molar-refractivity contribution in [1.82, 2.24) is 15.1 Å². The highest BCUT2D eigenvalue weighted by Gasteiger charge is 2.16. The molecule has 0 aromatic heterocycles. The molecule has 0 bridgehead atoms. The van der Waals surface area contributed by atoms with Crippen LogP contribution in [0.1, 0.15) is 47.0 Å². The third-order valence-corrected chi connectivity index (χ3v) is 3.79. The zero-order valence-electron chi connectivity index (χ0n) is 13.6. The Morgan fingerprint density at radius 3 is 2.05 bits per heavy atom. The van der Waals surface area contributed by atoms with Crippen LogP contribution in [0.3, 0.4) is 0 Å². The maximum atomic E-state index is 3.49. The Morgan fingerprint density at radius 1 is 0.842 bits per heavy atom. The van der Waals surface area contributed by atoms with Gasteiger partial charge in [0.2, 0.25) is 0 Å². The second kappa shape index (κ2) is 9.73. The molecule has 0 amide bonds. The first-order valence-corrected chi connectivity index (χ1v) is 8.26. The third kappa shape index (κ3) is 8.61. The van der Waals surface area contributed by atoms with Crippen molar-refractivity contribution in [2.75, 3.05) is 45.8 Å². The number of nitrogens with zero attached hydrogens (tertiary/aromatic N) is 2. The molecule has 1 fully saturated rings. The van der Waals surface area contributed by atoms with E-state index in [1.54, 1.807) is 0 Å².